The van der Waals surface area contributed by atoms with Gasteiger partial charge in [0.2, 0.25) is 0 Å². The smallest absolute Gasteiger partial charge is 0.337 e. The summed E-state index contributed by atoms with van der Waals surface area (Å²) < 4.78 is 36.0. The van der Waals surface area contributed by atoms with E-state index in [-0.39, 0.29) is 0 Å². The molecule has 0 atom stereocenters. The third kappa shape index (κ3) is 4.52. The molecule has 1 saturated heterocycles. The molecule has 1 N–H and O–H groups in total. The lowest BCUT2D eigenvalue weighted by Gasteiger charge is -2.28. The molecule has 1 fully saturated rings. The molecule has 0 bridgehead atoms. The van der Waals surface area contributed by atoms with Crippen LogP contribution in [0.5, 0.6) is 0 Å². The van der Waals surface area contributed by atoms with Crippen molar-refractivity contribution in [3.05, 3.63) is 0 Å². The Morgan fingerprint density at radius 1 is 1.28 bits per heavy atom. The SMILES string of the molecule is CN(CCC(F)(F)F)C(=O)C(=O)N1CCNCC1. The molecule has 18 heavy (non-hydrogen) atoms. The molecule has 5 nitrogen and oxygen atoms in total. The number of hydrogen-bond donors (Lipinski definition) is 1. The number of amides is 2. The van der Waals surface area contributed by atoms with Gasteiger partial charge in [0.05, 0.1) is 6.42 Å². The largest absolute Gasteiger partial charge is 0.390 e. The third-order valence-corrected chi connectivity index (χ3v) is 2.66. The summed E-state index contributed by atoms with van der Waals surface area (Å²) in [6.07, 6.45) is -5.43. The van der Waals surface area contributed by atoms with E-state index in [1.165, 1.54) is 11.9 Å². The number of halogens is 3. The fourth-order valence-electron chi connectivity index (χ4n) is 1.56. The number of carbonyl (C=O) groups excluding carboxylic acids is 2. The predicted octanol–water partition coefficient (Wildman–Crippen LogP) is -0.171. The number of alkyl halides is 3. The minimum absolute atomic E-state index is 0.400. The van der Waals surface area contributed by atoms with E-state index in [0.717, 1.165) is 4.90 Å². The van der Waals surface area contributed by atoms with Gasteiger partial charge in [-0.15, -0.1) is 0 Å². The predicted molar refractivity (Wildman–Crippen MR) is 57.8 cm³/mol. The molecule has 2 amide bonds. The molecule has 1 aliphatic rings. The van der Waals surface area contributed by atoms with Gasteiger partial charge in [0.1, 0.15) is 0 Å². The van der Waals surface area contributed by atoms with Crippen molar-refractivity contribution in [3.63, 3.8) is 0 Å². The molecule has 0 saturated carbocycles. The maximum atomic E-state index is 12.0. The second kappa shape index (κ2) is 6.03. The van der Waals surface area contributed by atoms with E-state index in [1.54, 1.807) is 0 Å². The van der Waals surface area contributed by atoms with Crippen molar-refractivity contribution in [2.45, 2.75) is 12.6 Å². The highest BCUT2D eigenvalue weighted by Crippen LogP contribution is 2.19. The van der Waals surface area contributed by atoms with E-state index in [2.05, 4.69) is 5.32 Å². The lowest BCUT2D eigenvalue weighted by atomic mass is 10.3. The van der Waals surface area contributed by atoms with Gasteiger partial charge in [0.25, 0.3) is 0 Å². The minimum Gasteiger partial charge on any atom is -0.337 e. The van der Waals surface area contributed by atoms with Crippen LogP contribution in [0.3, 0.4) is 0 Å². The average Bonchev–Trinajstić information content (AvgIpc) is 2.34. The molecule has 0 unspecified atom stereocenters. The van der Waals surface area contributed by atoms with Crippen LogP contribution in [-0.2, 0) is 9.59 Å². The van der Waals surface area contributed by atoms with Gasteiger partial charge in [0.15, 0.2) is 0 Å². The second-order valence-corrected chi connectivity index (χ2v) is 4.13. The molecule has 0 aliphatic carbocycles. The molecule has 0 aromatic rings. The van der Waals surface area contributed by atoms with Crippen LogP contribution in [0.4, 0.5) is 13.2 Å². The summed E-state index contributed by atoms with van der Waals surface area (Å²) in [6.45, 7) is 1.48. The molecule has 1 aliphatic heterocycles. The van der Waals surface area contributed by atoms with Crippen molar-refractivity contribution in [1.29, 1.82) is 0 Å². The summed E-state index contributed by atoms with van der Waals surface area (Å²) in [5.74, 6) is -1.62. The van der Waals surface area contributed by atoms with Gasteiger partial charge < -0.3 is 15.1 Å². The van der Waals surface area contributed by atoms with Crippen LogP contribution in [0.15, 0.2) is 0 Å². The number of piperazine rings is 1. The summed E-state index contributed by atoms with van der Waals surface area (Å²) in [4.78, 5) is 25.5. The van der Waals surface area contributed by atoms with Gasteiger partial charge in [0, 0.05) is 39.8 Å². The fourth-order valence-corrected chi connectivity index (χ4v) is 1.56. The molecular formula is C10H16F3N3O2. The van der Waals surface area contributed by atoms with E-state index >= 15 is 0 Å². The zero-order valence-corrected chi connectivity index (χ0v) is 10.1. The van der Waals surface area contributed by atoms with Crippen LogP contribution >= 0.6 is 0 Å². The van der Waals surface area contributed by atoms with E-state index in [0.29, 0.717) is 26.2 Å². The van der Waals surface area contributed by atoms with Gasteiger partial charge in [-0.3, -0.25) is 9.59 Å². The Kier molecular flexibility index (Phi) is 4.94. The van der Waals surface area contributed by atoms with Gasteiger partial charge in [-0.1, -0.05) is 0 Å². The average molecular weight is 267 g/mol. The van der Waals surface area contributed by atoms with Crippen LogP contribution < -0.4 is 5.32 Å². The van der Waals surface area contributed by atoms with Gasteiger partial charge in [-0.05, 0) is 0 Å². The Bertz CT molecular complexity index is 314. The minimum atomic E-state index is -4.33. The highest BCUT2D eigenvalue weighted by atomic mass is 19.4. The monoisotopic (exact) mass is 267 g/mol. The molecule has 0 spiro atoms. The molecular weight excluding hydrogens is 251 g/mol. The molecule has 1 rings (SSSR count). The van der Waals surface area contributed by atoms with Crippen molar-refractivity contribution in [3.8, 4) is 0 Å². The molecule has 8 heteroatoms. The number of nitrogens with zero attached hydrogens (tertiary/aromatic N) is 2. The molecule has 0 aromatic heterocycles. The Morgan fingerprint density at radius 2 is 1.83 bits per heavy atom. The van der Waals surface area contributed by atoms with Crippen LogP contribution in [0.1, 0.15) is 6.42 Å². The number of hydrogen-bond acceptors (Lipinski definition) is 3. The zero-order valence-electron chi connectivity index (χ0n) is 10.1. The Labute approximate surface area is 103 Å². The second-order valence-electron chi connectivity index (χ2n) is 4.13. The zero-order chi connectivity index (χ0) is 13.8. The summed E-state index contributed by atoms with van der Waals surface area (Å²) >= 11 is 0. The number of nitrogens with one attached hydrogen (secondary N) is 1. The van der Waals surface area contributed by atoms with Gasteiger partial charge in [-0.25, -0.2) is 0 Å². The molecule has 0 radical (unpaired) electrons. The van der Waals surface area contributed by atoms with E-state index in [1.807, 2.05) is 0 Å². The van der Waals surface area contributed by atoms with Crippen LogP contribution in [0.25, 0.3) is 0 Å². The standard InChI is InChI=1S/C10H16F3N3O2/c1-15(5-2-10(11,12)13)8(17)9(18)16-6-3-14-4-7-16/h14H,2-7H2,1H3. The fraction of sp³-hybridized carbons (Fsp3) is 0.800. The first kappa shape index (κ1) is 14.7. The van der Waals surface area contributed by atoms with Crippen molar-refractivity contribution >= 4 is 11.8 Å². The van der Waals surface area contributed by atoms with Gasteiger partial charge >= 0.3 is 18.0 Å². The quantitative estimate of drug-likeness (QED) is 0.707. The maximum Gasteiger partial charge on any atom is 0.390 e. The van der Waals surface area contributed by atoms with Crippen LogP contribution in [-0.4, -0.2) is 67.6 Å². The Hall–Kier alpha value is -1.31. The van der Waals surface area contributed by atoms with Crippen molar-refractivity contribution in [1.82, 2.24) is 15.1 Å². The highest BCUT2D eigenvalue weighted by Gasteiger charge is 2.31. The molecule has 0 aromatic carbocycles. The third-order valence-electron chi connectivity index (χ3n) is 2.66. The first-order chi connectivity index (χ1) is 8.31. The van der Waals surface area contributed by atoms with Crippen LogP contribution in [0, 0.1) is 0 Å². The normalized spacial score (nSPS) is 16.6. The lowest BCUT2D eigenvalue weighted by molar-refractivity contribution is -0.155. The summed E-state index contributed by atoms with van der Waals surface area (Å²) in [7, 11) is 1.20. The van der Waals surface area contributed by atoms with E-state index in [4.69, 9.17) is 0 Å². The molecule has 1 heterocycles. The Balaban J connectivity index is 2.44. The maximum absolute atomic E-state index is 12.0. The van der Waals surface area contributed by atoms with Crippen molar-refractivity contribution in [2.75, 3.05) is 39.8 Å². The number of likely N-dealkylation sites (N-methyl/N-ethyl adjacent to an activating group) is 1. The summed E-state index contributed by atoms with van der Waals surface area (Å²) in [6, 6.07) is 0. The topological polar surface area (TPSA) is 52.7 Å². The first-order valence-corrected chi connectivity index (χ1v) is 5.63. The number of carbonyl (C=O) groups is 2. The van der Waals surface area contributed by atoms with Gasteiger partial charge in [-0.2, -0.15) is 13.2 Å². The Morgan fingerprint density at radius 3 is 2.33 bits per heavy atom. The van der Waals surface area contributed by atoms with E-state index in [9.17, 15) is 22.8 Å². The first-order valence-electron chi connectivity index (χ1n) is 5.63. The van der Waals surface area contributed by atoms with Crippen molar-refractivity contribution in [2.24, 2.45) is 0 Å². The summed E-state index contributed by atoms with van der Waals surface area (Å²) in [5.41, 5.74) is 0. The molecule has 104 valence electrons. The van der Waals surface area contributed by atoms with Crippen LogP contribution in [0.2, 0.25) is 0 Å². The van der Waals surface area contributed by atoms with Crippen molar-refractivity contribution < 1.29 is 22.8 Å². The number of rotatable bonds is 2. The summed E-state index contributed by atoms with van der Waals surface area (Å²) in [5, 5.41) is 3.02. The van der Waals surface area contributed by atoms with E-state index < -0.39 is 31.0 Å². The highest BCUT2D eigenvalue weighted by molar-refractivity contribution is 6.34. The lowest BCUT2D eigenvalue weighted by Crippen LogP contribution is -2.51.